The van der Waals surface area contributed by atoms with Crippen molar-refractivity contribution in [2.24, 2.45) is 11.8 Å². The highest BCUT2D eigenvalue weighted by atomic mass is 16.5. The monoisotopic (exact) mass is 311 g/mol. The largest absolute Gasteiger partial charge is 0.380 e. The molecule has 1 aliphatic rings. The summed E-state index contributed by atoms with van der Waals surface area (Å²) in [7, 11) is 0. The Morgan fingerprint density at radius 3 is 2.05 bits per heavy atom. The van der Waals surface area contributed by atoms with Gasteiger partial charge in [0.1, 0.15) is 5.78 Å². The Hall–Kier alpha value is -1.23. The lowest BCUT2D eigenvalue weighted by Gasteiger charge is -2.42. The van der Waals surface area contributed by atoms with Crippen molar-refractivity contribution in [1.82, 2.24) is 5.32 Å². The Bertz CT molecular complexity index is 411. The van der Waals surface area contributed by atoms with Gasteiger partial charge in [0.15, 0.2) is 5.78 Å². The van der Waals surface area contributed by atoms with E-state index in [0.29, 0.717) is 13.0 Å². The fraction of sp³-hybridized carbons (Fsp3) is 0.824. The maximum Gasteiger partial charge on any atom is 0.223 e. The van der Waals surface area contributed by atoms with E-state index in [0.717, 1.165) is 19.3 Å². The standard InChI is InChI=1S/C17H29NO4/c1-12(2)14(19)6-10-22-11-7-15(20)18-17(8-5-9-17)16(21)13(3)4/h12-13H,5-11H2,1-4H3,(H,18,20). The van der Waals surface area contributed by atoms with E-state index in [1.807, 2.05) is 27.7 Å². The summed E-state index contributed by atoms with van der Waals surface area (Å²) >= 11 is 0. The Morgan fingerprint density at radius 2 is 1.59 bits per heavy atom. The van der Waals surface area contributed by atoms with Gasteiger partial charge < -0.3 is 10.1 Å². The topological polar surface area (TPSA) is 72.5 Å². The molecule has 1 aliphatic carbocycles. The Labute approximate surface area is 133 Å². The van der Waals surface area contributed by atoms with Crippen LogP contribution in [0.2, 0.25) is 0 Å². The Balaban J connectivity index is 2.26. The lowest BCUT2D eigenvalue weighted by molar-refractivity contribution is -0.138. The quantitative estimate of drug-likeness (QED) is 0.628. The molecule has 0 aromatic carbocycles. The lowest BCUT2D eigenvalue weighted by atomic mass is 9.70. The van der Waals surface area contributed by atoms with Gasteiger partial charge in [0.2, 0.25) is 5.91 Å². The third-order valence-corrected chi connectivity index (χ3v) is 4.19. The van der Waals surface area contributed by atoms with Gasteiger partial charge in [-0.25, -0.2) is 0 Å². The van der Waals surface area contributed by atoms with Crippen molar-refractivity contribution >= 4 is 17.5 Å². The van der Waals surface area contributed by atoms with Crippen LogP contribution in [0.5, 0.6) is 0 Å². The van der Waals surface area contributed by atoms with Crippen molar-refractivity contribution in [3.8, 4) is 0 Å². The fourth-order valence-corrected chi connectivity index (χ4v) is 2.57. The third-order valence-electron chi connectivity index (χ3n) is 4.19. The predicted octanol–water partition coefficient (Wildman–Crippen LogP) is 2.27. The van der Waals surface area contributed by atoms with Crippen LogP contribution in [0.1, 0.15) is 59.8 Å². The smallest absolute Gasteiger partial charge is 0.223 e. The van der Waals surface area contributed by atoms with Crippen molar-refractivity contribution in [2.75, 3.05) is 13.2 Å². The lowest BCUT2D eigenvalue weighted by Crippen LogP contribution is -2.60. The van der Waals surface area contributed by atoms with Gasteiger partial charge in [-0.05, 0) is 19.3 Å². The number of ether oxygens (including phenoxy) is 1. The fourth-order valence-electron chi connectivity index (χ4n) is 2.57. The third kappa shape index (κ3) is 5.20. The summed E-state index contributed by atoms with van der Waals surface area (Å²) in [5, 5.41) is 2.89. The van der Waals surface area contributed by atoms with Gasteiger partial charge in [0, 0.05) is 24.7 Å². The molecule has 1 amide bonds. The van der Waals surface area contributed by atoms with Crippen molar-refractivity contribution in [2.45, 2.75) is 65.3 Å². The molecule has 1 saturated carbocycles. The normalized spacial score (nSPS) is 16.5. The zero-order valence-corrected chi connectivity index (χ0v) is 14.2. The van der Waals surface area contributed by atoms with E-state index < -0.39 is 5.54 Å². The van der Waals surface area contributed by atoms with Crippen LogP contribution >= 0.6 is 0 Å². The molecule has 1 fully saturated rings. The summed E-state index contributed by atoms with van der Waals surface area (Å²) in [6, 6.07) is 0. The number of nitrogens with one attached hydrogen (secondary N) is 1. The van der Waals surface area contributed by atoms with Gasteiger partial charge in [-0.2, -0.15) is 0 Å². The molecule has 1 N–H and O–H groups in total. The van der Waals surface area contributed by atoms with Crippen molar-refractivity contribution in [3.63, 3.8) is 0 Å². The van der Waals surface area contributed by atoms with E-state index in [2.05, 4.69) is 5.32 Å². The molecule has 0 unspecified atom stereocenters. The van der Waals surface area contributed by atoms with Crippen LogP contribution in [0.25, 0.3) is 0 Å². The number of hydrogen-bond donors (Lipinski definition) is 1. The molecule has 5 heteroatoms. The average Bonchev–Trinajstić information content (AvgIpc) is 2.41. The second kappa shape index (κ2) is 8.42. The average molecular weight is 311 g/mol. The molecular formula is C17H29NO4. The predicted molar refractivity (Wildman–Crippen MR) is 84.5 cm³/mol. The molecule has 0 atom stereocenters. The van der Waals surface area contributed by atoms with Crippen LogP contribution in [0.4, 0.5) is 0 Å². The number of ketones is 2. The highest BCUT2D eigenvalue weighted by Gasteiger charge is 2.45. The zero-order valence-electron chi connectivity index (χ0n) is 14.2. The van der Waals surface area contributed by atoms with E-state index in [9.17, 15) is 14.4 Å². The number of carbonyl (C=O) groups is 3. The molecule has 0 saturated heterocycles. The summed E-state index contributed by atoms with van der Waals surface area (Å²) < 4.78 is 5.33. The number of hydrogen-bond acceptors (Lipinski definition) is 4. The molecule has 0 aliphatic heterocycles. The number of rotatable bonds is 10. The van der Waals surface area contributed by atoms with Crippen LogP contribution in [0.3, 0.4) is 0 Å². The summed E-state index contributed by atoms with van der Waals surface area (Å²) in [5.74, 6) is 0.0890. The van der Waals surface area contributed by atoms with Gasteiger partial charge in [-0.1, -0.05) is 27.7 Å². The van der Waals surface area contributed by atoms with E-state index in [-0.39, 0.29) is 42.3 Å². The molecule has 5 nitrogen and oxygen atoms in total. The first kappa shape index (κ1) is 18.8. The number of carbonyl (C=O) groups excluding carboxylic acids is 3. The first-order chi connectivity index (χ1) is 10.3. The van der Waals surface area contributed by atoms with E-state index in [4.69, 9.17) is 4.74 Å². The van der Waals surface area contributed by atoms with Gasteiger partial charge in [0.25, 0.3) is 0 Å². The van der Waals surface area contributed by atoms with Crippen LogP contribution in [-0.2, 0) is 19.1 Å². The van der Waals surface area contributed by atoms with E-state index in [1.54, 1.807) is 0 Å². The minimum atomic E-state index is -0.640. The van der Waals surface area contributed by atoms with Gasteiger partial charge in [0.05, 0.1) is 18.8 Å². The molecule has 0 heterocycles. The maximum atomic E-state index is 12.2. The number of amides is 1. The van der Waals surface area contributed by atoms with Gasteiger partial charge in [-0.15, -0.1) is 0 Å². The van der Waals surface area contributed by atoms with Crippen molar-refractivity contribution in [1.29, 1.82) is 0 Å². The van der Waals surface area contributed by atoms with Crippen molar-refractivity contribution < 1.29 is 19.1 Å². The highest BCUT2D eigenvalue weighted by molar-refractivity contribution is 5.94. The maximum absolute atomic E-state index is 12.2. The summed E-state index contributed by atoms with van der Waals surface area (Å²) in [5.41, 5.74) is -0.640. The molecule has 0 aromatic heterocycles. The second-order valence-electron chi connectivity index (χ2n) is 6.74. The van der Waals surface area contributed by atoms with Gasteiger partial charge >= 0.3 is 0 Å². The number of Topliss-reactive ketones (excluding diaryl/α,β-unsaturated/α-hetero) is 2. The molecular weight excluding hydrogens is 282 g/mol. The summed E-state index contributed by atoms with van der Waals surface area (Å²) in [4.78, 5) is 35.6. The molecule has 0 spiro atoms. The van der Waals surface area contributed by atoms with E-state index >= 15 is 0 Å². The second-order valence-corrected chi connectivity index (χ2v) is 6.74. The molecule has 0 bridgehead atoms. The highest BCUT2D eigenvalue weighted by Crippen LogP contribution is 2.34. The molecule has 0 aromatic rings. The summed E-state index contributed by atoms with van der Waals surface area (Å²) in [6.07, 6.45) is 3.06. The minimum absolute atomic E-state index is 0.0208. The molecule has 0 radical (unpaired) electrons. The SMILES string of the molecule is CC(C)C(=O)CCOCCC(=O)NC1(C(=O)C(C)C)CCC1. The molecule has 22 heavy (non-hydrogen) atoms. The Kier molecular flexibility index (Phi) is 7.20. The van der Waals surface area contributed by atoms with Crippen molar-refractivity contribution in [3.05, 3.63) is 0 Å². The first-order valence-corrected chi connectivity index (χ1v) is 8.24. The first-order valence-electron chi connectivity index (χ1n) is 8.24. The molecule has 1 rings (SSSR count). The molecule has 126 valence electrons. The van der Waals surface area contributed by atoms with Crippen LogP contribution in [0.15, 0.2) is 0 Å². The minimum Gasteiger partial charge on any atom is -0.380 e. The van der Waals surface area contributed by atoms with Gasteiger partial charge in [-0.3, -0.25) is 14.4 Å². The van der Waals surface area contributed by atoms with Crippen LogP contribution in [-0.4, -0.2) is 36.2 Å². The Morgan fingerprint density at radius 1 is 1.00 bits per heavy atom. The van der Waals surface area contributed by atoms with Crippen LogP contribution in [0, 0.1) is 11.8 Å². The summed E-state index contributed by atoms with van der Waals surface area (Å²) in [6.45, 7) is 8.08. The van der Waals surface area contributed by atoms with E-state index in [1.165, 1.54) is 0 Å². The van der Waals surface area contributed by atoms with Crippen LogP contribution < -0.4 is 5.32 Å². The zero-order chi connectivity index (χ0) is 16.8.